The summed E-state index contributed by atoms with van der Waals surface area (Å²) in [4.78, 5) is 6.42. The van der Waals surface area contributed by atoms with Crippen molar-refractivity contribution in [1.29, 1.82) is 0 Å². The third kappa shape index (κ3) is 6.42. The third-order valence-electron chi connectivity index (χ3n) is 5.53. The number of aromatic nitrogens is 1. The van der Waals surface area contributed by atoms with Crippen LogP contribution in [-0.2, 0) is 11.0 Å². The molecule has 36 heavy (non-hydrogen) atoms. The van der Waals surface area contributed by atoms with Crippen molar-refractivity contribution in [2.45, 2.75) is 32.1 Å². The minimum absolute atomic E-state index is 0.205. The molecule has 3 aromatic carbocycles. The van der Waals surface area contributed by atoms with Crippen molar-refractivity contribution in [2.24, 2.45) is 5.41 Å². The van der Waals surface area contributed by atoms with Gasteiger partial charge in [0.2, 0.25) is 0 Å². The molecule has 0 aliphatic rings. The van der Waals surface area contributed by atoms with E-state index in [-0.39, 0.29) is 5.41 Å². The number of hydrogen-bond acceptors (Lipinski definition) is 5. The molecule has 3 N–H and O–H groups in total. The molecule has 5 nitrogen and oxygen atoms in total. The summed E-state index contributed by atoms with van der Waals surface area (Å²) in [5, 5.41) is 0.554. The van der Waals surface area contributed by atoms with E-state index in [1.54, 1.807) is 24.3 Å². The van der Waals surface area contributed by atoms with Crippen LogP contribution in [-0.4, -0.2) is 15.8 Å². The van der Waals surface area contributed by atoms with Gasteiger partial charge in [0, 0.05) is 11.3 Å². The highest BCUT2D eigenvalue weighted by Gasteiger charge is 2.19. The second-order valence-electron chi connectivity index (χ2n) is 9.62. The van der Waals surface area contributed by atoms with E-state index < -0.39 is 11.0 Å². The highest BCUT2D eigenvalue weighted by Crippen LogP contribution is 2.41. The second-order valence-corrected chi connectivity index (χ2v) is 11.8. The molecule has 7 heteroatoms. The number of benzene rings is 3. The summed E-state index contributed by atoms with van der Waals surface area (Å²) in [6.07, 6.45) is 2.78. The number of hydrogen-bond donors (Lipinski definition) is 2. The van der Waals surface area contributed by atoms with Crippen molar-refractivity contribution in [1.82, 2.24) is 4.98 Å². The van der Waals surface area contributed by atoms with Gasteiger partial charge in [-0.05, 0) is 53.3 Å². The van der Waals surface area contributed by atoms with Gasteiger partial charge in [-0.25, -0.2) is 9.19 Å². The summed E-state index contributed by atoms with van der Waals surface area (Å²) in [6.45, 7) is 11.2. The minimum atomic E-state index is -1.50. The standard InChI is InChI=1S/C29H31N3O2S2/c1-5-20-10-6-7-15-25(20)26-27(21-11-8-13-23(18-21)34-17-16-29(2,3)4)35-28(31-26)32-36(33)24-14-9-12-22(30)19-24/h5-15,18-19H,1,16-17,30H2,2-4H3,(H,31,32). The third-order valence-corrected chi connectivity index (χ3v) is 7.74. The van der Waals surface area contributed by atoms with Gasteiger partial charge in [0.05, 0.1) is 22.1 Å². The predicted molar refractivity (Wildman–Crippen MR) is 154 cm³/mol. The molecule has 0 amide bonds. The first-order valence-corrected chi connectivity index (χ1v) is 13.7. The van der Waals surface area contributed by atoms with Crippen molar-refractivity contribution in [3.05, 3.63) is 84.9 Å². The average molecular weight is 518 g/mol. The molecule has 0 radical (unpaired) electrons. The fraction of sp³-hybridized carbons (Fsp3) is 0.207. The molecule has 0 aliphatic heterocycles. The van der Waals surface area contributed by atoms with Crippen molar-refractivity contribution < 1.29 is 8.95 Å². The smallest absolute Gasteiger partial charge is 0.196 e. The fourth-order valence-electron chi connectivity index (χ4n) is 3.60. The molecule has 0 saturated heterocycles. The van der Waals surface area contributed by atoms with Gasteiger partial charge in [-0.1, -0.05) is 87.2 Å². The van der Waals surface area contributed by atoms with Crippen LogP contribution in [0.1, 0.15) is 32.8 Å². The predicted octanol–water partition coefficient (Wildman–Crippen LogP) is 7.65. The van der Waals surface area contributed by atoms with E-state index in [9.17, 15) is 4.21 Å². The number of nitrogens with zero attached hydrogens (tertiary/aromatic N) is 1. The molecule has 1 atom stereocenters. The summed E-state index contributed by atoms with van der Waals surface area (Å²) >= 11 is 1.45. The molecule has 1 aromatic heterocycles. The van der Waals surface area contributed by atoms with E-state index >= 15 is 0 Å². The van der Waals surface area contributed by atoms with E-state index in [0.717, 1.165) is 39.4 Å². The minimum Gasteiger partial charge on any atom is -0.494 e. The maximum absolute atomic E-state index is 13.0. The topological polar surface area (TPSA) is 77.2 Å². The quantitative estimate of drug-likeness (QED) is 0.224. The first-order valence-electron chi connectivity index (χ1n) is 11.7. The molecule has 1 unspecified atom stereocenters. The maximum Gasteiger partial charge on any atom is 0.196 e. The van der Waals surface area contributed by atoms with Gasteiger partial charge in [-0.3, -0.25) is 4.72 Å². The zero-order chi connectivity index (χ0) is 25.7. The first-order chi connectivity index (χ1) is 17.2. The van der Waals surface area contributed by atoms with Crippen molar-refractivity contribution >= 4 is 39.2 Å². The van der Waals surface area contributed by atoms with Crippen LogP contribution in [0.4, 0.5) is 10.8 Å². The molecule has 4 aromatic rings. The zero-order valence-electron chi connectivity index (χ0n) is 20.8. The van der Waals surface area contributed by atoms with Gasteiger partial charge >= 0.3 is 0 Å². The lowest BCUT2D eigenvalue weighted by atomic mass is 9.93. The van der Waals surface area contributed by atoms with Crippen LogP contribution < -0.4 is 15.2 Å². The Morgan fingerprint density at radius 3 is 2.61 bits per heavy atom. The lowest BCUT2D eigenvalue weighted by molar-refractivity contribution is 0.243. The molecule has 4 rings (SSSR count). The molecule has 0 bridgehead atoms. The highest BCUT2D eigenvalue weighted by molar-refractivity contribution is 7.86. The maximum atomic E-state index is 13.0. The lowest BCUT2D eigenvalue weighted by Gasteiger charge is -2.18. The Morgan fingerprint density at radius 2 is 1.86 bits per heavy atom. The van der Waals surface area contributed by atoms with Crippen LogP contribution in [0, 0.1) is 5.41 Å². The summed E-state index contributed by atoms with van der Waals surface area (Å²) in [7, 11) is -1.50. The Bertz CT molecular complexity index is 1390. The molecule has 0 aliphatic carbocycles. The van der Waals surface area contributed by atoms with Crippen LogP contribution in [0.15, 0.2) is 84.3 Å². The van der Waals surface area contributed by atoms with E-state index in [2.05, 4.69) is 32.1 Å². The Morgan fingerprint density at radius 1 is 1.08 bits per heavy atom. The molecule has 0 spiro atoms. The molecule has 1 heterocycles. The van der Waals surface area contributed by atoms with Crippen LogP contribution in [0.3, 0.4) is 0 Å². The number of ether oxygens (including phenoxy) is 1. The number of nitrogens with one attached hydrogen (secondary N) is 1. The molecule has 0 saturated carbocycles. The first kappa shape index (κ1) is 25.7. The Hall–Kier alpha value is -3.42. The second kappa shape index (κ2) is 11.1. The van der Waals surface area contributed by atoms with Gasteiger partial charge in [0.1, 0.15) is 5.75 Å². The van der Waals surface area contributed by atoms with E-state index in [1.165, 1.54) is 11.3 Å². The van der Waals surface area contributed by atoms with Gasteiger partial charge < -0.3 is 10.5 Å². The van der Waals surface area contributed by atoms with E-state index in [1.807, 2.05) is 54.6 Å². The Labute approximate surface area is 219 Å². The van der Waals surface area contributed by atoms with Crippen LogP contribution in [0.2, 0.25) is 0 Å². The summed E-state index contributed by atoms with van der Waals surface area (Å²) in [5.74, 6) is 0.811. The molecule has 186 valence electrons. The molecular weight excluding hydrogens is 486 g/mol. The van der Waals surface area contributed by atoms with Crippen molar-refractivity contribution in [3.63, 3.8) is 0 Å². The normalized spacial score (nSPS) is 12.2. The van der Waals surface area contributed by atoms with Crippen LogP contribution in [0.5, 0.6) is 5.75 Å². The number of rotatable bonds is 9. The summed E-state index contributed by atoms with van der Waals surface area (Å²) < 4.78 is 22.1. The van der Waals surface area contributed by atoms with Gasteiger partial charge in [-0.15, -0.1) is 0 Å². The summed E-state index contributed by atoms with van der Waals surface area (Å²) in [5.41, 5.74) is 10.4. The number of nitrogens with two attached hydrogens (primary N) is 1. The number of nitrogen functional groups attached to an aromatic ring is 1. The molecule has 0 fully saturated rings. The Balaban J connectivity index is 1.71. The number of thiazole rings is 1. The van der Waals surface area contributed by atoms with Gasteiger partial charge in [0.25, 0.3) is 0 Å². The fourth-order valence-corrected chi connectivity index (χ4v) is 5.59. The highest BCUT2D eigenvalue weighted by atomic mass is 32.2. The van der Waals surface area contributed by atoms with E-state index in [4.69, 9.17) is 15.5 Å². The van der Waals surface area contributed by atoms with Crippen LogP contribution >= 0.6 is 11.3 Å². The van der Waals surface area contributed by atoms with Crippen LogP contribution in [0.25, 0.3) is 27.8 Å². The molecular formula is C29H31N3O2S2. The lowest BCUT2D eigenvalue weighted by Crippen LogP contribution is -2.11. The summed E-state index contributed by atoms with van der Waals surface area (Å²) in [6, 6.07) is 23.1. The monoisotopic (exact) mass is 517 g/mol. The van der Waals surface area contributed by atoms with Crippen molar-refractivity contribution in [2.75, 3.05) is 17.1 Å². The zero-order valence-corrected chi connectivity index (χ0v) is 22.4. The van der Waals surface area contributed by atoms with Gasteiger partial charge in [0.15, 0.2) is 16.1 Å². The largest absolute Gasteiger partial charge is 0.494 e. The average Bonchev–Trinajstić information content (AvgIpc) is 3.27. The van der Waals surface area contributed by atoms with E-state index in [0.29, 0.717) is 22.3 Å². The number of anilines is 2. The van der Waals surface area contributed by atoms with Gasteiger partial charge in [-0.2, -0.15) is 0 Å². The SMILES string of the molecule is C=Cc1ccccc1-c1nc(NS(=O)c2cccc(N)c2)sc1-c1cccc(OCCC(C)(C)C)c1. The Kier molecular flexibility index (Phi) is 7.91. The van der Waals surface area contributed by atoms with Crippen molar-refractivity contribution in [3.8, 4) is 27.4 Å².